The molecule has 2 saturated heterocycles. The molecule has 3 amide bonds. The summed E-state index contributed by atoms with van der Waals surface area (Å²) in [4.78, 5) is 51.4. The Bertz CT molecular complexity index is 2110. The molecule has 0 radical (unpaired) electrons. The van der Waals surface area contributed by atoms with Crippen LogP contribution in [-0.2, 0) is 11.2 Å². The van der Waals surface area contributed by atoms with Gasteiger partial charge in [-0.25, -0.2) is 9.37 Å². The fourth-order valence-corrected chi connectivity index (χ4v) is 9.17. The third-order valence-corrected chi connectivity index (χ3v) is 11.9. The van der Waals surface area contributed by atoms with Gasteiger partial charge in [0.25, 0.3) is 17.7 Å². The molecule has 9 nitrogen and oxygen atoms in total. The number of hydrogen-bond donors (Lipinski definition) is 2. The first-order valence-corrected chi connectivity index (χ1v) is 18.3. The number of benzene rings is 2. The Balaban J connectivity index is 0.958. The van der Waals surface area contributed by atoms with Crippen molar-refractivity contribution < 1.29 is 23.5 Å². The highest BCUT2D eigenvalue weighted by Crippen LogP contribution is 2.46. The molecule has 2 N–H and O–H groups in total. The number of thiophene rings is 2. The van der Waals surface area contributed by atoms with E-state index >= 15 is 0 Å². The molecule has 254 valence electrons. The number of para-hydroxylation sites is 1. The van der Waals surface area contributed by atoms with E-state index in [0.29, 0.717) is 40.5 Å². The molecule has 3 aliphatic heterocycles. The van der Waals surface area contributed by atoms with Gasteiger partial charge in [0, 0.05) is 55.7 Å². The van der Waals surface area contributed by atoms with Crippen molar-refractivity contribution in [3.63, 3.8) is 0 Å². The van der Waals surface area contributed by atoms with Gasteiger partial charge in [-0.3, -0.25) is 14.4 Å². The van der Waals surface area contributed by atoms with E-state index in [4.69, 9.17) is 4.74 Å². The van der Waals surface area contributed by atoms with E-state index in [1.165, 1.54) is 34.8 Å². The maximum atomic E-state index is 14.2. The molecule has 6 heterocycles. The van der Waals surface area contributed by atoms with Crippen LogP contribution >= 0.6 is 22.7 Å². The number of anilines is 4. The third kappa shape index (κ3) is 6.08. The number of rotatable bonds is 6. The smallest absolute Gasteiger partial charge is 0.265 e. The largest absolute Gasteiger partial charge is 0.381 e. The Morgan fingerprint density at radius 1 is 0.940 bits per heavy atom. The zero-order valence-corrected chi connectivity index (χ0v) is 29.0. The number of pyridine rings is 1. The first-order valence-electron chi connectivity index (χ1n) is 16.6. The molecule has 3 aliphatic rings. The van der Waals surface area contributed by atoms with Crippen LogP contribution in [0, 0.1) is 18.2 Å². The Hall–Kier alpha value is -4.91. The number of carbonyl (C=O) groups is 3. The summed E-state index contributed by atoms with van der Waals surface area (Å²) < 4.78 is 19.7. The van der Waals surface area contributed by atoms with Crippen molar-refractivity contribution in [2.75, 3.05) is 53.3 Å². The van der Waals surface area contributed by atoms with Crippen LogP contribution < -0.4 is 20.4 Å². The van der Waals surface area contributed by atoms with E-state index in [0.717, 1.165) is 65.7 Å². The molecule has 2 fully saturated rings. The zero-order chi connectivity index (χ0) is 34.4. The van der Waals surface area contributed by atoms with Crippen LogP contribution in [0.15, 0.2) is 78.3 Å². The predicted molar refractivity (Wildman–Crippen MR) is 195 cm³/mol. The topological polar surface area (TPSA) is 104 Å². The number of halogens is 1. The zero-order valence-electron chi connectivity index (χ0n) is 27.3. The number of nitrogens with zero attached hydrogens (tertiary/aromatic N) is 3. The van der Waals surface area contributed by atoms with Gasteiger partial charge in [-0.1, -0.05) is 12.1 Å². The summed E-state index contributed by atoms with van der Waals surface area (Å²) in [6.45, 7) is 5.64. The number of ether oxygens (including phenoxy) is 1. The van der Waals surface area contributed by atoms with Crippen LogP contribution in [-0.4, -0.2) is 55.6 Å². The summed E-state index contributed by atoms with van der Waals surface area (Å²) in [7, 11) is 0. The molecular formula is C38H34FN5O4S2. The number of aromatic nitrogens is 1. The molecular weight excluding hydrogens is 674 g/mol. The molecule has 1 spiro atoms. The van der Waals surface area contributed by atoms with Gasteiger partial charge in [-0.2, -0.15) is 0 Å². The average molecular weight is 708 g/mol. The number of nitrogens with one attached hydrogen (secondary N) is 2. The summed E-state index contributed by atoms with van der Waals surface area (Å²) in [5.74, 6) is -0.569. The third-order valence-electron chi connectivity index (χ3n) is 9.69. The number of carbonyl (C=O) groups excluding carboxylic acids is 3. The summed E-state index contributed by atoms with van der Waals surface area (Å²) in [5.41, 5.74) is 4.64. The van der Waals surface area contributed by atoms with Crippen molar-refractivity contribution in [1.29, 1.82) is 0 Å². The molecule has 12 heteroatoms. The van der Waals surface area contributed by atoms with Crippen molar-refractivity contribution in [2.24, 2.45) is 5.41 Å². The normalized spacial score (nSPS) is 16.2. The second-order valence-corrected chi connectivity index (χ2v) is 15.1. The Morgan fingerprint density at radius 3 is 2.50 bits per heavy atom. The number of hydrogen-bond acceptors (Lipinski definition) is 8. The molecule has 0 bridgehead atoms. The molecule has 2 aromatic carbocycles. The second kappa shape index (κ2) is 13.1. The second-order valence-electron chi connectivity index (χ2n) is 13.1. The highest BCUT2D eigenvalue weighted by Gasteiger charge is 2.45. The number of aryl methyl sites for hydroxylation is 1. The van der Waals surface area contributed by atoms with E-state index in [1.807, 2.05) is 30.5 Å². The van der Waals surface area contributed by atoms with E-state index in [2.05, 4.69) is 20.5 Å². The van der Waals surface area contributed by atoms with Gasteiger partial charge in [0.2, 0.25) is 0 Å². The van der Waals surface area contributed by atoms with Crippen LogP contribution in [0.3, 0.4) is 0 Å². The van der Waals surface area contributed by atoms with Crippen LogP contribution in [0.1, 0.15) is 54.4 Å². The van der Waals surface area contributed by atoms with Crippen molar-refractivity contribution in [2.45, 2.75) is 26.2 Å². The monoisotopic (exact) mass is 707 g/mol. The summed E-state index contributed by atoms with van der Waals surface area (Å²) in [6.07, 6.45) is 4.41. The van der Waals surface area contributed by atoms with Crippen molar-refractivity contribution in [1.82, 2.24) is 4.98 Å². The van der Waals surface area contributed by atoms with Gasteiger partial charge in [0.05, 0.1) is 31.6 Å². The molecule has 0 aliphatic carbocycles. The van der Waals surface area contributed by atoms with E-state index in [9.17, 15) is 18.8 Å². The van der Waals surface area contributed by atoms with E-state index < -0.39 is 5.82 Å². The average Bonchev–Trinajstić information content (AvgIpc) is 3.74. The predicted octanol–water partition coefficient (Wildman–Crippen LogP) is 7.64. The van der Waals surface area contributed by atoms with Gasteiger partial charge in [0.15, 0.2) is 0 Å². The van der Waals surface area contributed by atoms with Gasteiger partial charge >= 0.3 is 0 Å². The SMILES string of the molecule is Cc1cnc(N2CC3(CCOCC3)C2)c(C(=O)Nc2ccc(C(=O)N3CCc4cc(C(=O)Nc5ccccc5F)sc4-c4sccc43)cc2)c1. The Morgan fingerprint density at radius 2 is 1.72 bits per heavy atom. The lowest BCUT2D eigenvalue weighted by molar-refractivity contribution is -0.000511. The van der Waals surface area contributed by atoms with Crippen molar-refractivity contribution >= 4 is 63.3 Å². The minimum Gasteiger partial charge on any atom is -0.381 e. The fourth-order valence-electron chi connectivity index (χ4n) is 6.98. The number of amides is 3. The van der Waals surface area contributed by atoms with Crippen LogP contribution in [0.5, 0.6) is 0 Å². The fraction of sp³-hybridized carbons (Fsp3) is 0.263. The summed E-state index contributed by atoms with van der Waals surface area (Å²) in [5, 5.41) is 7.62. The first-order chi connectivity index (χ1) is 24.3. The lowest BCUT2D eigenvalue weighted by atomic mass is 9.73. The highest BCUT2D eigenvalue weighted by molar-refractivity contribution is 7.23. The highest BCUT2D eigenvalue weighted by atomic mass is 32.1. The molecule has 3 aromatic heterocycles. The van der Waals surface area contributed by atoms with Crippen LogP contribution in [0.4, 0.5) is 27.3 Å². The minimum absolute atomic E-state index is 0.132. The lowest BCUT2D eigenvalue weighted by Gasteiger charge is -2.53. The Kier molecular flexibility index (Phi) is 8.46. The summed E-state index contributed by atoms with van der Waals surface area (Å²) >= 11 is 2.86. The minimum atomic E-state index is -0.493. The van der Waals surface area contributed by atoms with Gasteiger partial charge in [0.1, 0.15) is 11.6 Å². The molecule has 0 atom stereocenters. The van der Waals surface area contributed by atoms with Crippen LogP contribution in [0.25, 0.3) is 9.75 Å². The van der Waals surface area contributed by atoms with Gasteiger partial charge in [-0.05, 0) is 97.3 Å². The van der Waals surface area contributed by atoms with Gasteiger partial charge in [-0.15, -0.1) is 22.7 Å². The molecule has 5 aromatic rings. The maximum Gasteiger partial charge on any atom is 0.265 e. The lowest BCUT2D eigenvalue weighted by Crippen LogP contribution is -2.59. The van der Waals surface area contributed by atoms with Crippen molar-refractivity contribution in [3.8, 4) is 9.75 Å². The van der Waals surface area contributed by atoms with E-state index in [1.54, 1.807) is 47.5 Å². The first kappa shape index (κ1) is 32.3. The van der Waals surface area contributed by atoms with Crippen molar-refractivity contribution in [3.05, 3.63) is 111 Å². The van der Waals surface area contributed by atoms with E-state index in [-0.39, 0.29) is 28.8 Å². The van der Waals surface area contributed by atoms with Crippen LogP contribution in [0.2, 0.25) is 0 Å². The molecule has 0 unspecified atom stereocenters. The molecule has 0 saturated carbocycles. The Labute approximate surface area is 296 Å². The quantitative estimate of drug-likeness (QED) is 0.188. The van der Waals surface area contributed by atoms with Gasteiger partial charge < -0.3 is 25.2 Å². The maximum absolute atomic E-state index is 14.2. The summed E-state index contributed by atoms with van der Waals surface area (Å²) in [6, 6.07) is 18.7. The molecule has 50 heavy (non-hydrogen) atoms. The molecule has 8 rings (SSSR count). The standard InChI is InChI=1S/C38H34FN5O4S2/c1-23-18-27(34(40-20-23)43-21-38(22-43)12-15-48-16-13-38)35(45)41-26-8-6-24(7-9-26)37(47)44-14-10-25-19-31(50-32(25)33-30(44)11-17-49-33)36(46)42-29-5-3-2-4-28(29)39/h2-9,11,17-20H,10,12-16,21-22H2,1H3,(H,41,45)(H,42,46). The number of fused-ring (bicyclic) bond motifs is 3.